The van der Waals surface area contributed by atoms with E-state index in [0.717, 1.165) is 21.9 Å². The number of urea groups is 1. The van der Waals surface area contributed by atoms with E-state index < -0.39 is 35.5 Å². The summed E-state index contributed by atoms with van der Waals surface area (Å²) in [5.41, 5.74) is -2.02. The van der Waals surface area contributed by atoms with Gasteiger partial charge >= 0.3 is 18.2 Å². The zero-order valence-electron chi connectivity index (χ0n) is 11.3. The third kappa shape index (κ3) is 2.55. The smallest absolute Gasteiger partial charge is 0.407 e. The number of hydrogen-bond acceptors (Lipinski definition) is 2. The molecule has 1 aromatic carbocycles. The van der Waals surface area contributed by atoms with Crippen LogP contribution in [-0.4, -0.2) is 41.6 Å². The van der Waals surface area contributed by atoms with Gasteiger partial charge in [0.05, 0.1) is 18.7 Å². The molecule has 116 valence electrons. The van der Waals surface area contributed by atoms with E-state index in [0.29, 0.717) is 6.07 Å². The van der Waals surface area contributed by atoms with Gasteiger partial charge in [-0.25, -0.2) is 14.4 Å². The zero-order chi connectivity index (χ0) is 16.7. The molecule has 1 saturated heterocycles. The molecule has 1 aliphatic heterocycles. The molecule has 22 heavy (non-hydrogen) atoms. The number of carbonyl (C=O) groups excluding carboxylic acids is 1. The van der Waals surface area contributed by atoms with Gasteiger partial charge in [0.1, 0.15) is 0 Å². The van der Waals surface area contributed by atoms with Crippen molar-refractivity contribution < 1.29 is 27.9 Å². The summed E-state index contributed by atoms with van der Waals surface area (Å²) in [5.74, 6) is -1.32. The van der Waals surface area contributed by atoms with Crippen molar-refractivity contribution >= 4 is 23.4 Å². The third-order valence-corrected chi connectivity index (χ3v) is 3.26. The molecule has 6 nitrogen and oxygen atoms in total. The van der Waals surface area contributed by atoms with E-state index in [2.05, 4.69) is 4.85 Å². The molecule has 1 fully saturated rings. The molecular weight excluding hydrogens is 303 g/mol. The standard InChI is InChI=1S/C13H10F3N3O3/c1-17-9-4-3-7(5-8(9)13(14,15)16)19-10(11(20)21)6-18(2)12(19)22/h3-5,10H,6H2,2H3,(H,20,21)/t10-/m1/s1. The van der Waals surface area contributed by atoms with Crippen LogP contribution in [0, 0.1) is 6.57 Å². The van der Waals surface area contributed by atoms with Crippen LogP contribution in [-0.2, 0) is 11.0 Å². The first-order valence-electron chi connectivity index (χ1n) is 6.02. The van der Waals surface area contributed by atoms with Crippen LogP contribution in [0.3, 0.4) is 0 Å². The lowest BCUT2D eigenvalue weighted by molar-refractivity contribution is -0.138. The van der Waals surface area contributed by atoms with Crippen molar-refractivity contribution in [2.24, 2.45) is 0 Å². The van der Waals surface area contributed by atoms with Crippen LogP contribution in [0.15, 0.2) is 18.2 Å². The van der Waals surface area contributed by atoms with E-state index in [9.17, 15) is 22.8 Å². The van der Waals surface area contributed by atoms with Crippen molar-refractivity contribution in [2.45, 2.75) is 12.2 Å². The molecule has 1 N–H and O–H groups in total. The lowest BCUT2D eigenvalue weighted by atomic mass is 10.1. The molecule has 0 saturated carbocycles. The Bertz CT molecular complexity index is 681. The minimum absolute atomic E-state index is 0.139. The van der Waals surface area contributed by atoms with Gasteiger partial charge in [-0.15, -0.1) is 0 Å². The van der Waals surface area contributed by atoms with Gasteiger partial charge in [-0.2, -0.15) is 13.2 Å². The van der Waals surface area contributed by atoms with Gasteiger partial charge in [0.25, 0.3) is 0 Å². The van der Waals surface area contributed by atoms with Crippen LogP contribution in [0.1, 0.15) is 5.56 Å². The number of likely N-dealkylation sites (N-methyl/N-ethyl adjacent to an activating group) is 1. The predicted octanol–water partition coefficient (Wildman–Crippen LogP) is 2.58. The van der Waals surface area contributed by atoms with Crippen molar-refractivity contribution in [1.82, 2.24) is 4.90 Å². The highest BCUT2D eigenvalue weighted by atomic mass is 19.4. The molecule has 0 unspecified atom stereocenters. The lowest BCUT2D eigenvalue weighted by Gasteiger charge is -2.22. The molecule has 1 atom stereocenters. The summed E-state index contributed by atoms with van der Waals surface area (Å²) in [6.07, 6.45) is -4.77. The van der Waals surface area contributed by atoms with Gasteiger partial charge in [-0.3, -0.25) is 4.90 Å². The number of benzene rings is 1. The molecule has 1 heterocycles. The van der Waals surface area contributed by atoms with Crippen molar-refractivity contribution in [1.29, 1.82) is 0 Å². The number of halogens is 3. The molecule has 1 aromatic rings. The summed E-state index contributed by atoms with van der Waals surface area (Å²) in [4.78, 5) is 27.9. The largest absolute Gasteiger partial charge is 0.480 e. The fraction of sp³-hybridized carbons (Fsp3) is 0.308. The fourth-order valence-electron chi connectivity index (χ4n) is 2.21. The van der Waals surface area contributed by atoms with Gasteiger partial charge < -0.3 is 10.0 Å². The Morgan fingerprint density at radius 1 is 1.45 bits per heavy atom. The number of aliphatic carboxylic acids is 1. The SMILES string of the molecule is [C-]#[N+]c1ccc(N2C(=O)N(C)C[C@@H]2C(=O)O)cc1C(F)(F)F. The number of rotatable bonds is 2. The summed E-state index contributed by atoms with van der Waals surface area (Å²) >= 11 is 0. The molecular formula is C13H10F3N3O3. The topological polar surface area (TPSA) is 65.2 Å². The second-order valence-corrected chi connectivity index (χ2v) is 4.70. The monoisotopic (exact) mass is 313 g/mol. The lowest BCUT2D eigenvalue weighted by Crippen LogP contribution is -2.39. The molecule has 0 spiro atoms. The normalized spacial score (nSPS) is 18.5. The fourth-order valence-corrected chi connectivity index (χ4v) is 2.21. The number of carboxylic acids is 1. The highest BCUT2D eigenvalue weighted by molar-refractivity contribution is 6.01. The molecule has 0 aliphatic carbocycles. The van der Waals surface area contributed by atoms with Crippen molar-refractivity contribution in [3.05, 3.63) is 35.2 Å². The first-order valence-corrected chi connectivity index (χ1v) is 6.02. The highest BCUT2D eigenvalue weighted by Gasteiger charge is 2.42. The molecule has 2 rings (SSSR count). The summed E-state index contributed by atoms with van der Waals surface area (Å²) in [5, 5.41) is 9.12. The van der Waals surface area contributed by atoms with Crippen LogP contribution in [0.2, 0.25) is 0 Å². The maximum Gasteiger partial charge on any atom is 0.407 e. The van der Waals surface area contributed by atoms with E-state index in [1.54, 1.807) is 0 Å². The van der Waals surface area contributed by atoms with Crippen LogP contribution in [0.4, 0.5) is 29.3 Å². The summed E-state index contributed by atoms with van der Waals surface area (Å²) in [7, 11) is 1.36. The first-order chi connectivity index (χ1) is 10.2. The van der Waals surface area contributed by atoms with Crippen molar-refractivity contribution in [3.63, 3.8) is 0 Å². The van der Waals surface area contributed by atoms with Crippen LogP contribution >= 0.6 is 0 Å². The van der Waals surface area contributed by atoms with Gasteiger partial charge in [0.15, 0.2) is 11.7 Å². The highest BCUT2D eigenvalue weighted by Crippen LogP contribution is 2.39. The van der Waals surface area contributed by atoms with Gasteiger partial charge in [-0.05, 0) is 12.1 Å². The van der Waals surface area contributed by atoms with Crippen molar-refractivity contribution in [3.8, 4) is 0 Å². The maximum atomic E-state index is 13.0. The second kappa shape index (κ2) is 5.22. The number of carboxylic acid groups (broad SMARTS) is 1. The molecule has 9 heteroatoms. The van der Waals surface area contributed by atoms with Crippen LogP contribution in [0.5, 0.6) is 0 Å². The van der Waals surface area contributed by atoms with Gasteiger partial charge in [0.2, 0.25) is 0 Å². The van der Waals surface area contributed by atoms with Gasteiger partial charge in [0, 0.05) is 12.7 Å². The van der Waals surface area contributed by atoms with E-state index in [1.165, 1.54) is 7.05 Å². The Morgan fingerprint density at radius 2 is 2.09 bits per heavy atom. The van der Waals surface area contributed by atoms with Crippen LogP contribution < -0.4 is 4.90 Å². The number of nitrogens with zero attached hydrogens (tertiary/aromatic N) is 3. The number of anilines is 1. The molecule has 1 aliphatic rings. The molecule has 0 radical (unpaired) electrons. The number of alkyl halides is 3. The molecule has 2 amide bonds. The average Bonchev–Trinajstić information content (AvgIpc) is 2.73. The van der Waals surface area contributed by atoms with Gasteiger partial charge in [-0.1, -0.05) is 6.07 Å². The Balaban J connectivity index is 2.55. The van der Waals surface area contributed by atoms with E-state index in [-0.39, 0.29) is 12.2 Å². The number of carbonyl (C=O) groups is 2. The quantitative estimate of drug-likeness (QED) is 0.854. The average molecular weight is 313 g/mol. The summed E-state index contributed by atoms with van der Waals surface area (Å²) in [6, 6.07) is 0.694. The zero-order valence-corrected chi connectivity index (χ0v) is 11.3. The van der Waals surface area contributed by atoms with Crippen LogP contribution in [0.25, 0.3) is 4.85 Å². The number of hydrogen-bond donors (Lipinski definition) is 1. The summed E-state index contributed by atoms with van der Waals surface area (Å²) in [6.45, 7) is 6.63. The molecule has 0 aromatic heterocycles. The number of amides is 2. The Labute approximate surface area is 123 Å². The first kappa shape index (κ1) is 15.6. The van der Waals surface area contributed by atoms with E-state index >= 15 is 0 Å². The van der Waals surface area contributed by atoms with E-state index in [1.807, 2.05) is 0 Å². The Morgan fingerprint density at radius 3 is 2.59 bits per heavy atom. The minimum Gasteiger partial charge on any atom is -0.480 e. The van der Waals surface area contributed by atoms with Crippen molar-refractivity contribution in [2.75, 3.05) is 18.5 Å². The Kier molecular flexibility index (Phi) is 3.70. The molecule has 0 bridgehead atoms. The predicted molar refractivity (Wildman–Crippen MR) is 69.6 cm³/mol. The Hall–Kier alpha value is -2.76. The van der Waals surface area contributed by atoms with E-state index in [4.69, 9.17) is 11.7 Å². The second-order valence-electron chi connectivity index (χ2n) is 4.70. The third-order valence-electron chi connectivity index (χ3n) is 3.26. The minimum atomic E-state index is -4.77. The summed E-state index contributed by atoms with van der Waals surface area (Å²) < 4.78 is 38.9. The maximum absolute atomic E-state index is 13.0.